The average molecular weight is 481 g/mol. The van der Waals surface area contributed by atoms with E-state index in [1.807, 2.05) is 0 Å². The van der Waals surface area contributed by atoms with Gasteiger partial charge in [0.2, 0.25) is 12.0 Å². The van der Waals surface area contributed by atoms with Crippen LogP contribution in [0.2, 0.25) is 0 Å². The lowest BCUT2D eigenvalue weighted by Crippen LogP contribution is -2.61. The van der Waals surface area contributed by atoms with E-state index in [-0.39, 0.29) is 29.1 Å². The Morgan fingerprint density at radius 3 is 2.03 bits per heavy atom. The van der Waals surface area contributed by atoms with Crippen LogP contribution < -0.4 is 14.2 Å². The topological polar surface area (TPSA) is 164 Å². The lowest BCUT2D eigenvalue weighted by atomic mass is 9.99. The molecule has 1 fully saturated rings. The van der Waals surface area contributed by atoms with Crippen LogP contribution in [-0.4, -0.2) is 81.3 Å². The highest BCUT2D eigenvalue weighted by Gasteiger charge is 2.48. The molecule has 0 unspecified atom stereocenters. The second-order valence-electron chi connectivity index (χ2n) is 8.76. The SMILES string of the molecule is COc1cc(-c2nc(C(C)C)c(C(C)C)[nH]2)cc(OC)c1O[C@@H]1O[C@H](C(=O)O)[C@@H](O)[C@H](O)[C@H]1O. The molecule has 1 saturated heterocycles. The predicted molar refractivity (Wildman–Crippen MR) is 120 cm³/mol. The molecule has 1 aliphatic heterocycles. The van der Waals surface area contributed by atoms with Crippen LogP contribution in [0.3, 0.4) is 0 Å². The summed E-state index contributed by atoms with van der Waals surface area (Å²) in [5, 5.41) is 39.6. The van der Waals surface area contributed by atoms with Crippen LogP contribution in [0.25, 0.3) is 11.4 Å². The highest BCUT2D eigenvalue weighted by atomic mass is 16.7. The van der Waals surface area contributed by atoms with E-state index >= 15 is 0 Å². The Labute approximate surface area is 197 Å². The maximum atomic E-state index is 11.4. The van der Waals surface area contributed by atoms with Gasteiger partial charge < -0.3 is 44.4 Å². The summed E-state index contributed by atoms with van der Waals surface area (Å²) >= 11 is 0. The summed E-state index contributed by atoms with van der Waals surface area (Å²) < 4.78 is 21.9. The third kappa shape index (κ3) is 4.83. The van der Waals surface area contributed by atoms with Crippen molar-refractivity contribution >= 4 is 5.97 Å². The van der Waals surface area contributed by atoms with E-state index in [0.717, 1.165) is 11.4 Å². The number of aliphatic hydroxyl groups is 3. The largest absolute Gasteiger partial charge is 0.493 e. The van der Waals surface area contributed by atoms with Gasteiger partial charge in [-0.3, -0.25) is 0 Å². The van der Waals surface area contributed by atoms with Crippen LogP contribution in [0, 0.1) is 0 Å². The van der Waals surface area contributed by atoms with Crippen molar-refractivity contribution in [1.29, 1.82) is 0 Å². The maximum absolute atomic E-state index is 11.4. The number of carboxylic acids is 1. The van der Waals surface area contributed by atoms with Gasteiger partial charge in [0.1, 0.15) is 24.1 Å². The molecule has 11 nitrogen and oxygen atoms in total. The number of aromatic amines is 1. The van der Waals surface area contributed by atoms with Crippen LogP contribution in [0.1, 0.15) is 50.9 Å². The lowest BCUT2D eigenvalue weighted by molar-refractivity contribution is -0.271. The molecule has 0 bridgehead atoms. The molecule has 2 aromatic rings. The number of carboxylic acid groups (broad SMARTS) is 1. The minimum Gasteiger partial charge on any atom is -0.493 e. The molecule has 1 aromatic carbocycles. The molecule has 34 heavy (non-hydrogen) atoms. The van der Waals surface area contributed by atoms with Crippen LogP contribution in [-0.2, 0) is 9.53 Å². The number of H-pyrrole nitrogens is 1. The van der Waals surface area contributed by atoms with Gasteiger partial charge >= 0.3 is 5.97 Å². The lowest BCUT2D eigenvalue weighted by Gasteiger charge is -2.38. The molecule has 0 amide bonds. The number of ether oxygens (including phenoxy) is 4. The van der Waals surface area contributed by atoms with Gasteiger partial charge in [-0.05, 0) is 24.0 Å². The smallest absolute Gasteiger partial charge is 0.335 e. The first-order valence-corrected chi connectivity index (χ1v) is 10.9. The Hall–Kier alpha value is -2.86. The van der Waals surface area contributed by atoms with Crippen molar-refractivity contribution in [2.45, 2.75) is 70.2 Å². The van der Waals surface area contributed by atoms with E-state index in [0.29, 0.717) is 11.4 Å². The minimum atomic E-state index is -1.83. The molecule has 188 valence electrons. The zero-order valence-electron chi connectivity index (χ0n) is 20.0. The third-order valence-corrected chi connectivity index (χ3v) is 5.67. The zero-order chi connectivity index (χ0) is 25.3. The maximum Gasteiger partial charge on any atom is 0.335 e. The van der Waals surface area contributed by atoms with Crippen molar-refractivity contribution in [2.75, 3.05) is 14.2 Å². The Morgan fingerprint density at radius 2 is 1.59 bits per heavy atom. The number of carbonyl (C=O) groups is 1. The predicted octanol–water partition coefficient (Wildman–Crippen LogP) is 1.61. The summed E-state index contributed by atoms with van der Waals surface area (Å²) in [5.74, 6) is -0.0422. The van der Waals surface area contributed by atoms with Gasteiger partial charge in [0.25, 0.3) is 0 Å². The van der Waals surface area contributed by atoms with E-state index in [4.69, 9.17) is 23.9 Å². The number of hydrogen-bond acceptors (Lipinski definition) is 9. The van der Waals surface area contributed by atoms with Gasteiger partial charge in [0, 0.05) is 11.3 Å². The summed E-state index contributed by atoms with van der Waals surface area (Å²) in [6.07, 6.45) is -8.78. The van der Waals surface area contributed by atoms with Gasteiger partial charge in [-0.1, -0.05) is 27.7 Å². The molecule has 5 atom stereocenters. The second-order valence-corrected chi connectivity index (χ2v) is 8.76. The van der Waals surface area contributed by atoms with E-state index in [1.54, 1.807) is 12.1 Å². The Balaban J connectivity index is 2.01. The number of aromatic nitrogens is 2. The van der Waals surface area contributed by atoms with Crippen LogP contribution >= 0.6 is 0 Å². The Bertz CT molecular complexity index is 969. The summed E-state index contributed by atoms with van der Waals surface area (Å²) in [4.78, 5) is 19.5. The van der Waals surface area contributed by atoms with Crippen molar-refractivity contribution in [3.63, 3.8) is 0 Å². The van der Waals surface area contributed by atoms with Crippen molar-refractivity contribution in [2.24, 2.45) is 0 Å². The van der Waals surface area contributed by atoms with Crippen LogP contribution in [0.5, 0.6) is 17.2 Å². The van der Waals surface area contributed by atoms with E-state index < -0.39 is 36.7 Å². The summed E-state index contributed by atoms with van der Waals surface area (Å²) in [5.41, 5.74) is 2.63. The van der Waals surface area contributed by atoms with E-state index in [2.05, 4.69) is 32.7 Å². The third-order valence-electron chi connectivity index (χ3n) is 5.67. The number of methoxy groups -OCH3 is 2. The number of rotatable bonds is 8. The molecule has 0 spiro atoms. The molecule has 11 heteroatoms. The normalized spacial score (nSPS) is 25.0. The van der Waals surface area contributed by atoms with Crippen LogP contribution in [0.4, 0.5) is 0 Å². The highest BCUT2D eigenvalue weighted by molar-refractivity contribution is 5.73. The summed E-state index contributed by atoms with van der Waals surface area (Å²) in [6.45, 7) is 8.28. The Kier molecular flexibility index (Phi) is 7.71. The summed E-state index contributed by atoms with van der Waals surface area (Å²) in [7, 11) is 2.81. The first-order valence-electron chi connectivity index (χ1n) is 10.9. The van der Waals surface area contributed by atoms with Gasteiger partial charge in [-0.2, -0.15) is 0 Å². The van der Waals surface area contributed by atoms with Crippen molar-refractivity contribution in [1.82, 2.24) is 9.97 Å². The number of nitrogens with one attached hydrogen (secondary N) is 1. The first-order chi connectivity index (χ1) is 16.0. The number of nitrogens with zero attached hydrogens (tertiary/aromatic N) is 1. The minimum absolute atomic E-state index is 0.0188. The molecular weight excluding hydrogens is 448 g/mol. The van der Waals surface area contributed by atoms with Gasteiger partial charge in [-0.25, -0.2) is 9.78 Å². The van der Waals surface area contributed by atoms with Crippen molar-refractivity contribution < 1.29 is 44.2 Å². The zero-order valence-corrected chi connectivity index (χ0v) is 20.0. The number of hydrogen-bond donors (Lipinski definition) is 5. The van der Waals surface area contributed by atoms with Crippen LogP contribution in [0.15, 0.2) is 12.1 Å². The van der Waals surface area contributed by atoms with Crippen molar-refractivity contribution in [3.05, 3.63) is 23.5 Å². The second kappa shape index (κ2) is 10.2. The quantitative estimate of drug-likeness (QED) is 0.375. The highest BCUT2D eigenvalue weighted by Crippen LogP contribution is 2.43. The summed E-state index contributed by atoms with van der Waals surface area (Å²) in [6, 6.07) is 3.31. The molecular formula is C23H32N2O9. The fourth-order valence-corrected chi connectivity index (χ4v) is 3.82. The fourth-order valence-electron chi connectivity index (χ4n) is 3.82. The number of aliphatic carboxylic acids is 1. The van der Waals surface area contributed by atoms with Gasteiger partial charge in [-0.15, -0.1) is 0 Å². The number of imidazole rings is 1. The van der Waals surface area contributed by atoms with Crippen molar-refractivity contribution in [3.8, 4) is 28.6 Å². The number of aliphatic hydroxyl groups excluding tert-OH is 3. The van der Waals surface area contributed by atoms with Gasteiger partial charge in [0.05, 0.1) is 19.9 Å². The molecule has 3 rings (SSSR count). The molecule has 0 radical (unpaired) electrons. The van der Waals surface area contributed by atoms with E-state index in [1.165, 1.54) is 14.2 Å². The molecule has 1 aliphatic rings. The van der Waals surface area contributed by atoms with E-state index in [9.17, 15) is 25.2 Å². The number of benzene rings is 1. The molecule has 0 aliphatic carbocycles. The van der Waals surface area contributed by atoms with Gasteiger partial charge in [0.15, 0.2) is 17.6 Å². The average Bonchev–Trinajstić information content (AvgIpc) is 3.25. The standard InChI is InChI=1S/C23H32N2O9/c1-9(2)14-15(10(3)4)25-21(24-14)11-7-12(31-5)19(13(8-11)32-6)33-23-18(28)16(26)17(27)20(34-23)22(29)30/h7-10,16-18,20,23,26-28H,1-6H3,(H,24,25)(H,29,30)/t16-,17-,18+,20-,23+/m0/s1. The monoisotopic (exact) mass is 480 g/mol. The Morgan fingerprint density at radius 1 is 1.00 bits per heavy atom. The molecule has 1 aromatic heterocycles. The fraction of sp³-hybridized carbons (Fsp3) is 0.565. The molecule has 2 heterocycles. The molecule has 0 saturated carbocycles. The first kappa shape index (κ1) is 25.8. The molecule has 5 N–H and O–H groups in total.